The highest BCUT2D eigenvalue weighted by atomic mass is 79.9. The van der Waals surface area contributed by atoms with Crippen LogP contribution in [-0.2, 0) is 6.42 Å². The van der Waals surface area contributed by atoms with Gasteiger partial charge in [-0.2, -0.15) is 0 Å². The number of aryl methyl sites for hydroxylation is 1. The molecule has 0 aliphatic heterocycles. The highest BCUT2D eigenvalue weighted by Crippen LogP contribution is 2.23. The van der Waals surface area contributed by atoms with E-state index >= 15 is 0 Å². The van der Waals surface area contributed by atoms with Crippen molar-refractivity contribution < 1.29 is 9.72 Å². The minimum absolute atomic E-state index is 0.101. The van der Waals surface area contributed by atoms with Gasteiger partial charge in [-0.3, -0.25) is 14.9 Å². The van der Waals surface area contributed by atoms with Crippen LogP contribution in [0.3, 0.4) is 0 Å². The van der Waals surface area contributed by atoms with Gasteiger partial charge in [-0.05, 0) is 40.9 Å². The van der Waals surface area contributed by atoms with Crippen molar-refractivity contribution in [1.82, 2.24) is 0 Å². The van der Waals surface area contributed by atoms with Crippen LogP contribution >= 0.6 is 15.9 Å². The van der Waals surface area contributed by atoms with Gasteiger partial charge in [0, 0.05) is 17.2 Å². The van der Waals surface area contributed by atoms with Crippen LogP contribution in [0.25, 0.3) is 0 Å². The first kappa shape index (κ1) is 14.8. The molecule has 0 radical (unpaired) electrons. The Morgan fingerprint density at radius 3 is 2.61 bits per heavy atom. The number of hydrogen-bond acceptors (Lipinski definition) is 3. The topological polar surface area (TPSA) is 60.2 Å². The van der Waals surface area contributed by atoms with Crippen LogP contribution < -0.4 is 0 Å². The van der Waals surface area contributed by atoms with Crippen molar-refractivity contribution in [2.24, 2.45) is 0 Å². The number of carbonyl (C=O) groups is 1. The van der Waals surface area contributed by atoms with Crippen molar-refractivity contribution in [2.45, 2.75) is 39.0 Å². The molecule has 0 saturated heterocycles. The van der Waals surface area contributed by atoms with Crippen molar-refractivity contribution in [2.75, 3.05) is 0 Å². The Morgan fingerprint density at radius 2 is 2.06 bits per heavy atom. The lowest BCUT2D eigenvalue weighted by Gasteiger charge is -2.04. The molecule has 0 bridgehead atoms. The van der Waals surface area contributed by atoms with Crippen LogP contribution in [0.15, 0.2) is 18.2 Å². The second-order valence-corrected chi connectivity index (χ2v) is 4.91. The van der Waals surface area contributed by atoms with Crippen LogP contribution in [0, 0.1) is 10.1 Å². The minimum atomic E-state index is -0.391. The number of hydrogen-bond donors (Lipinski definition) is 0. The van der Waals surface area contributed by atoms with Crippen molar-refractivity contribution in [3.63, 3.8) is 0 Å². The molecular formula is C13H16BrNO3. The maximum Gasteiger partial charge on any atom is 0.272 e. The van der Waals surface area contributed by atoms with Crippen LogP contribution in [0.5, 0.6) is 0 Å². The number of rotatable bonds is 7. The Labute approximate surface area is 115 Å². The Bertz CT molecular complexity index is 446. The second kappa shape index (κ2) is 7.26. The van der Waals surface area contributed by atoms with E-state index in [-0.39, 0.29) is 10.4 Å². The van der Waals surface area contributed by atoms with Gasteiger partial charge in [0.15, 0.2) is 0 Å². The molecule has 0 unspecified atom stereocenters. The van der Waals surface area contributed by atoms with E-state index in [0.29, 0.717) is 17.5 Å². The Kier molecular flexibility index (Phi) is 5.98. The SMILES string of the molecule is CCCCCCc1cc(C(=O)Br)ccc1[N+](=O)[O-]. The van der Waals surface area contributed by atoms with Crippen LogP contribution in [0.4, 0.5) is 5.69 Å². The van der Waals surface area contributed by atoms with Crippen molar-refractivity contribution in [1.29, 1.82) is 0 Å². The van der Waals surface area contributed by atoms with Gasteiger partial charge < -0.3 is 0 Å². The quantitative estimate of drug-likeness (QED) is 0.327. The van der Waals surface area contributed by atoms with E-state index < -0.39 is 4.92 Å². The molecule has 0 aliphatic carbocycles. The number of nitro benzene ring substituents is 1. The molecule has 98 valence electrons. The standard InChI is InChI=1S/C13H16BrNO3/c1-2-3-4-5-6-10-9-11(13(14)16)7-8-12(10)15(17)18/h7-9H,2-6H2,1H3. The van der Waals surface area contributed by atoms with E-state index in [2.05, 4.69) is 22.9 Å². The summed E-state index contributed by atoms with van der Waals surface area (Å²) in [6, 6.07) is 4.50. The molecule has 0 aliphatic rings. The Balaban J connectivity index is 2.86. The number of unbranched alkanes of at least 4 members (excludes halogenated alkanes) is 3. The lowest BCUT2D eigenvalue weighted by molar-refractivity contribution is -0.385. The van der Waals surface area contributed by atoms with E-state index in [4.69, 9.17) is 0 Å². The first-order valence-electron chi connectivity index (χ1n) is 6.03. The highest BCUT2D eigenvalue weighted by molar-refractivity contribution is 9.18. The lowest BCUT2D eigenvalue weighted by Crippen LogP contribution is -1.99. The molecular weight excluding hydrogens is 298 g/mol. The third kappa shape index (κ3) is 4.22. The summed E-state index contributed by atoms with van der Waals surface area (Å²) >= 11 is 2.86. The van der Waals surface area contributed by atoms with E-state index in [0.717, 1.165) is 25.7 Å². The van der Waals surface area contributed by atoms with Crippen LogP contribution in [0.1, 0.15) is 48.5 Å². The van der Waals surface area contributed by atoms with Crippen LogP contribution in [0.2, 0.25) is 0 Å². The minimum Gasteiger partial charge on any atom is -0.281 e. The van der Waals surface area contributed by atoms with Gasteiger partial charge in [0.05, 0.1) is 4.92 Å². The second-order valence-electron chi connectivity index (χ2n) is 4.18. The van der Waals surface area contributed by atoms with Gasteiger partial charge in [-0.15, -0.1) is 0 Å². The first-order chi connectivity index (χ1) is 8.56. The molecule has 0 aromatic heterocycles. The molecule has 0 N–H and O–H groups in total. The number of nitrogens with zero attached hydrogens (tertiary/aromatic N) is 1. The third-order valence-electron chi connectivity index (χ3n) is 2.80. The predicted molar refractivity (Wildman–Crippen MR) is 74.2 cm³/mol. The summed E-state index contributed by atoms with van der Waals surface area (Å²) in [5.74, 6) is 0. The monoisotopic (exact) mass is 313 g/mol. The maximum atomic E-state index is 11.2. The van der Waals surface area contributed by atoms with Crippen molar-refractivity contribution in [3.8, 4) is 0 Å². The van der Waals surface area contributed by atoms with Crippen molar-refractivity contribution in [3.05, 3.63) is 39.4 Å². The molecule has 1 aromatic rings. The zero-order valence-electron chi connectivity index (χ0n) is 10.3. The molecule has 0 spiro atoms. The highest BCUT2D eigenvalue weighted by Gasteiger charge is 2.15. The largest absolute Gasteiger partial charge is 0.281 e. The fraction of sp³-hybridized carbons (Fsp3) is 0.462. The molecule has 18 heavy (non-hydrogen) atoms. The average molecular weight is 314 g/mol. The summed E-state index contributed by atoms with van der Waals surface area (Å²) in [6.45, 7) is 2.12. The van der Waals surface area contributed by atoms with Gasteiger partial charge in [-0.1, -0.05) is 26.2 Å². The summed E-state index contributed by atoms with van der Waals surface area (Å²) in [4.78, 5) is 21.7. The smallest absolute Gasteiger partial charge is 0.272 e. The number of carbonyl (C=O) groups excluding carboxylic acids is 1. The Morgan fingerprint density at radius 1 is 1.33 bits per heavy atom. The van der Waals surface area contributed by atoms with Crippen LogP contribution in [-0.4, -0.2) is 9.62 Å². The molecule has 0 fully saturated rings. The van der Waals surface area contributed by atoms with Gasteiger partial charge in [-0.25, -0.2) is 0 Å². The molecule has 4 nitrogen and oxygen atoms in total. The van der Waals surface area contributed by atoms with Gasteiger partial charge in [0.1, 0.15) is 0 Å². The van der Waals surface area contributed by atoms with E-state index in [1.165, 1.54) is 12.1 Å². The van der Waals surface area contributed by atoms with Crippen molar-refractivity contribution >= 4 is 26.3 Å². The molecule has 0 atom stereocenters. The maximum absolute atomic E-state index is 11.2. The zero-order valence-corrected chi connectivity index (χ0v) is 11.9. The molecule has 5 heteroatoms. The molecule has 0 heterocycles. The average Bonchev–Trinajstić information content (AvgIpc) is 2.34. The summed E-state index contributed by atoms with van der Waals surface area (Å²) in [5.41, 5.74) is 1.21. The van der Waals surface area contributed by atoms with Gasteiger partial charge in [0.2, 0.25) is 4.69 Å². The Hall–Kier alpha value is -1.23. The fourth-order valence-corrected chi connectivity index (χ4v) is 2.07. The summed E-state index contributed by atoms with van der Waals surface area (Å²) < 4.78 is -0.243. The summed E-state index contributed by atoms with van der Waals surface area (Å²) in [5, 5.41) is 10.9. The normalized spacial score (nSPS) is 10.3. The number of benzene rings is 1. The van der Waals surface area contributed by atoms with E-state index in [1.54, 1.807) is 6.07 Å². The number of nitro groups is 1. The molecule has 1 rings (SSSR count). The van der Waals surface area contributed by atoms with E-state index in [9.17, 15) is 14.9 Å². The molecule has 0 saturated carbocycles. The number of halogens is 1. The van der Waals surface area contributed by atoms with Gasteiger partial charge >= 0.3 is 0 Å². The fourth-order valence-electron chi connectivity index (χ4n) is 1.83. The molecule has 1 aromatic carbocycles. The summed E-state index contributed by atoms with van der Waals surface area (Å²) in [6.07, 6.45) is 4.87. The summed E-state index contributed by atoms with van der Waals surface area (Å²) in [7, 11) is 0. The zero-order chi connectivity index (χ0) is 13.5. The predicted octanol–water partition coefficient (Wildman–Crippen LogP) is 4.25. The third-order valence-corrected chi connectivity index (χ3v) is 3.26. The van der Waals surface area contributed by atoms with E-state index in [1.807, 2.05) is 0 Å². The first-order valence-corrected chi connectivity index (χ1v) is 6.82. The lowest BCUT2D eigenvalue weighted by atomic mass is 10.0. The van der Waals surface area contributed by atoms with Gasteiger partial charge in [0.25, 0.3) is 5.69 Å². The molecule has 0 amide bonds.